The Morgan fingerprint density at radius 3 is 2.76 bits per heavy atom. The van der Waals surface area contributed by atoms with Crippen molar-refractivity contribution in [3.05, 3.63) is 93.8 Å². The summed E-state index contributed by atoms with van der Waals surface area (Å²) in [4.78, 5) is 30.8. The minimum Gasteiger partial charge on any atom is -0.497 e. The molecule has 3 aromatic carbocycles. The highest BCUT2D eigenvalue weighted by Gasteiger charge is 2.14. The number of aryl methyl sites for hydroxylation is 1. The van der Waals surface area contributed by atoms with Crippen molar-refractivity contribution in [1.82, 2.24) is 19.9 Å². The molecule has 5 aromatic rings. The molecule has 8 nitrogen and oxygen atoms in total. The van der Waals surface area contributed by atoms with E-state index in [1.165, 1.54) is 15.9 Å². The fourth-order valence-corrected chi connectivity index (χ4v) is 4.41. The lowest BCUT2D eigenvalue weighted by atomic mass is 10.1. The van der Waals surface area contributed by atoms with Crippen molar-refractivity contribution in [3.63, 3.8) is 0 Å². The molecule has 0 atom stereocenters. The number of ether oxygens (including phenoxy) is 1. The number of methoxy groups -OCH3 is 1. The first-order chi connectivity index (χ1) is 16.5. The van der Waals surface area contributed by atoms with Crippen LogP contribution in [-0.2, 0) is 6.54 Å². The van der Waals surface area contributed by atoms with E-state index in [0.29, 0.717) is 33.1 Å². The van der Waals surface area contributed by atoms with Crippen LogP contribution < -0.4 is 20.9 Å². The van der Waals surface area contributed by atoms with Gasteiger partial charge >= 0.3 is 0 Å². The van der Waals surface area contributed by atoms with E-state index in [1.54, 1.807) is 25.3 Å². The minimum absolute atomic E-state index is 0.252. The predicted molar refractivity (Wildman–Crippen MR) is 133 cm³/mol. The summed E-state index contributed by atoms with van der Waals surface area (Å²) in [7, 11) is 1.60. The lowest BCUT2D eigenvalue weighted by Crippen LogP contribution is -2.23. The summed E-state index contributed by atoms with van der Waals surface area (Å²) in [6.45, 7) is 2.35. The average molecular weight is 472 g/mol. The van der Waals surface area contributed by atoms with Gasteiger partial charge in [0.15, 0.2) is 0 Å². The number of hydrogen-bond donors (Lipinski definition) is 2. The Balaban J connectivity index is 1.42. The zero-order valence-corrected chi connectivity index (χ0v) is 19.3. The van der Waals surface area contributed by atoms with Gasteiger partial charge in [-0.3, -0.25) is 9.59 Å². The van der Waals surface area contributed by atoms with Crippen LogP contribution in [0.3, 0.4) is 0 Å². The molecule has 0 aliphatic carbocycles. The summed E-state index contributed by atoms with van der Waals surface area (Å²) < 4.78 is 6.51. The number of anilines is 2. The molecule has 0 saturated heterocycles. The van der Waals surface area contributed by atoms with Gasteiger partial charge in [-0.2, -0.15) is 4.52 Å². The molecule has 34 heavy (non-hydrogen) atoms. The monoisotopic (exact) mass is 471 g/mol. The number of para-hydroxylation sites is 1. The number of nitrogens with zero attached hydrogens (tertiary/aromatic N) is 3. The number of hydrogen-bond acceptors (Lipinski definition) is 7. The fourth-order valence-electron chi connectivity index (χ4n) is 3.60. The number of rotatable bonds is 6. The molecule has 170 valence electrons. The van der Waals surface area contributed by atoms with E-state index in [2.05, 4.69) is 20.7 Å². The maximum absolute atomic E-state index is 13.0. The third-order valence-electron chi connectivity index (χ3n) is 5.43. The van der Waals surface area contributed by atoms with Gasteiger partial charge in [0.05, 0.1) is 18.0 Å². The standard InChI is InChI=1S/C25H21N5O3S/c1-15-6-3-4-9-20(15)27-24-29-30-23(32)19-11-10-17(13-21(19)28-25(30)34-24)22(31)26-14-16-7-5-8-18(12-16)33-2/h3-13H,14H2,1-2H3,(H,26,31)(H,27,29). The molecule has 0 fully saturated rings. The van der Waals surface area contributed by atoms with Gasteiger partial charge in [-0.15, -0.1) is 5.10 Å². The molecule has 0 spiro atoms. The van der Waals surface area contributed by atoms with Crippen molar-refractivity contribution >= 4 is 43.9 Å². The van der Waals surface area contributed by atoms with Crippen LogP contribution in [0.25, 0.3) is 15.9 Å². The maximum Gasteiger partial charge on any atom is 0.283 e. The van der Waals surface area contributed by atoms with Gasteiger partial charge in [-0.25, -0.2) is 4.98 Å². The summed E-state index contributed by atoms with van der Waals surface area (Å²) in [5.41, 5.74) is 3.49. The van der Waals surface area contributed by atoms with Crippen molar-refractivity contribution in [2.75, 3.05) is 12.4 Å². The molecule has 5 rings (SSSR count). The van der Waals surface area contributed by atoms with Gasteiger partial charge in [0.1, 0.15) is 5.75 Å². The van der Waals surface area contributed by atoms with Crippen molar-refractivity contribution < 1.29 is 9.53 Å². The Morgan fingerprint density at radius 1 is 1.09 bits per heavy atom. The lowest BCUT2D eigenvalue weighted by molar-refractivity contribution is 0.0951. The summed E-state index contributed by atoms with van der Waals surface area (Å²) >= 11 is 1.27. The van der Waals surface area contributed by atoms with Crippen LogP contribution in [0.4, 0.5) is 10.8 Å². The first-order valence-electron chi connectivity index (χ1n) is 10.6. The van der Waals surface area contributed by atoms with Gasteiger partial charge in [-0.1, -0.05) is 41.7 Å². The molecule has 9 heteroatoms. The van der Waals surface area contributed by atoms with E-state index in [0.717, 1.165) is 22.6 Å². The Bertz CT molecular complexity index is 1590. The molecular formula is C25H21N5O3S. The van der Waals surface area contributed by atoms with E-state index < -0.39 is 0 Å². The number of carbonyl (C=O) groups excluding carboxylic acids is 1. The molecule has 0 saturated carbocycles. The van der Waals surface area contributed by atoms with E-state index in [-0.39, 0.29) is 11.5 Å². The number of carbonyl (C=O) groups is 1. The smallest absolute Gasteiger partial charge is 0.283 e. The molecule has 2 heterocycles. The van der Waals surface area contributed by atoms with Crippen molar-refractivity contribution in [2.24, 2.45) is 0 Å². The van der Waals surface area contributed by atoms with Crippen molar-refractivity contribution in [2.45, 2.75) is 13.5 Å². The summed E-state index contributed by atoms with van der Waals surface area (Å²) in [6, 6.07) is 20.2. The summed E-state index contributed by atoms with van der Waals surface area (Å²) in [6.07, 6.45) is 0. The van der Waals surface area contributed by atoms with Crippen LogP contribution >= 0.6 is 11.3 Å². The van der Waals surface area contributed by atoms with Crippen LogP contribution in [0.15, 0.2) is 71.5 Å². The van der Waals surface area contributed by atoms with Crippen LogP contribution in [0.2, 0.25) is 0 Å². The number of nitrogens with one attached hydrogen (secondary N) is 2. The van der Waals surface area contributed by atoms with Gasteiger partial charge < -0.3 is 15.4 Å². The quantitative estimate of drug-likeness (QED) is 0.383. The van der Waals surface area contributed by atoms with Gasteiger partial charge in [-0.05, 0) is 54.4 Å². The van der Waals surface area contributed by atoms with E-state index in [9.17, 15) is 9.59 Å². The Hall–Kier alpha value is -4.24. The molecule has 2 N–H and O–H groups in total. The van der Waals surface area contributed by atoms with Crippen LogP contribution in [0, 0.1) is 6.92 Å². The zero-order chi connectivity index (χ0) is 23.7. The number of fused-ring (bicyclic) bond motifs is 2. The molecule has 0 aliphatic rings. The molecule has 0 aliphatic heterocycles. The second-order valence-corrected chi connectivity index (χ2v) is 8.68. The highest BCUT2D eigenvalue weighted by Crippen LogP contribution is 2.25. The number of aromatic nitrogens is 3. The SMILES string of the molecule is COc1cccc(CNC(=O)c2ccc3c(=O)n4nc(Nc5ccccc5C)sc4nc3c2)c1. The van der Waals surface area contributed by atoms with Gasteiger partial charge in [0.25, 0.3) is 11.5 Å². The van der Waals surface area contributed by atoms with Crippen molar-refractivity contribution in [1.29, 1.82) is 0 Å². The van der Waals surface area contributed by atoms with Crippen LogP contribution in [-0.4, -0.2) is 27.6 Å². The normalized spacial score (nSPS) is 11.0. The Labute approximate surface area is 198 Å². The highest BCUT2D eigenvalue weighted by molar-refractivity contribution is 7.20. The molecule has 0 bridgehead atoms. The second-order valence-electron chi connectivity index (χ2n) is 7.72. The minimum atomic E-state index is -0.280. The fraction of sp³-hybridized carbons (Fsp3) is 0.120. The van der Waals surface area contributed by atoms with E-state index in [1.807, 2.05) is 55.5 Å². The topological polar surface area (TPSA) is 97.6 Å². The van der Waals surface area contributed by atoms with Gasteiger partial charge in [0.2, 0.25) is 10.1 Å². The molecular weight excluding hydrogens is 450 g/mol. The zero-order valence-electron chi connectivity index (χ0n) is 18.5. The molecule has 0 radical (unpaired) electrons. The van der Waals surface area contributed by atoms with Crippen LogP contribution in [0.1, 0.15) is 21.5 Å². The summed E-state index contributed by atoms with van der Waals surface area (Å²) in [5.74, 6) is 0.477. The molecule has 2 aromatic heterocycles. The van der Waals surface area contributed by atoms with Gasteiger partial charge in [0, 0.05) is 17.8 Å². The Morgan fingerprint density at radius 2 is 1.94 bits per heavy atom. The third kappa shape index (κ3) is 4.20. The summed E-state index contributed by atoms with van der Waals surface area (Å²) in [5, 5.41) is 11.5. The Kier molecular flexibility index (Phi) is 5.69. The van der Waals surface area contributed by atoms with Crippen LogP contribution in [0.5, 0.6) is 5.75 Å². The first-order valence-corrected chi connectivity index (χ1v) is 11.4. The number of amides is 1. The van der Waals surface area contributed by atoms with E-state index in [4.69, 9.17) is 4.74 Å². The van der Waals surface area contributed by atoms with E-state index >= 15 is 0 Å². The molecule has 0 unspecified atom stereocenters. The second kappa shape index (κ2) is 8.95. The maximum atomic E-state index is 13.0. The number of benzene rings is 3. The lowest BCUT2D eigenvalue weighted by Gasteiger charge is -2.07. The largest absolute Gasteiger partial charge is 0.497 e. The average Bonchev–Trinajstić information content (AvgIpc) is 3.26. The molecule has 1 amide bonds. The predicted octanol–water partition coefficient (Wildman–Crippen LogP) is 4.29. The highest BCUT2D eigenvalue weighted by atomic mass is 32.1. The third-order valence-corrected chi connectivity index (χ3v) is 6.26. The van der Waals surface area contributed by atoms with Crippen molar-refractivity contribution in [3.8, 4) is 5.75 Å². The first kappa shape index (κ1) is 21.6.